The predicted molar refractivity (Wildman–Crippen MR) is 55.1 cm³/mol. The van der Waals surface area contributed by atoms with Gasteiger partial charge in [0.1, 0.15) is 10.7 Å². The molecule has 1 amide bonds. The predicted octanol–water partition coefficient (Wildman–Crippen LogP) is -1.27. The van der Waals surface area contributed by atoms with Gasteiger partial charge in [0, 0.05) is 13.0 Å². The van der Waals surface area contributed by atoms with E-state index in [-0.39, 0.29) is 25.3 Å². The van der Waals surface area contributed by atoms with E-state index in [1.165, 1.54) is 4.90 Å². The number of amides is 1. The second-order valence-corrected chi connectivity index (χ2v) is 4.66. The molecule has 0 spiro atoms. The first-order chi connectivity index (χ1) is 7.49. The number of hydrogen-bond acceptors (Lipinski definition) is 5. The van der Waals surface area contributed by atoms with Gasteiger partial charge in [0.15, 0.2) is 0 Å². The summed E-state index contributed by atoms with van der Waals surface area (Å²) in [5.41, 5.74) is 0. The van der Waals surface area contributed by atoms with Gasteiger partial charge in [-0.15, -0.1) is 0 Å². The Bertz CT molecular complexity index is 310. The van der Waals surface area contributed by atoms with Crippen molar-refractivity contribution >= 4 is 16.8 Å². The quantitative estimate of drug-likeness (QED) is 0.539. The van der Waals surface area contributed by atoms with Crippen LogP contribution in [0.2, 0.25) is 0 Å². The summed E-state index contributed by atoms with van der Waals surface area (Å²) in [6, 6.07) is 0. The van der Waals surface area contributed by atoms with Crippen molar-refractivity contribution in [2.24, 2.45) is 0 Å². The fourth-order valence-corrected chi connectivity index (χ4v) is 2.08. The van der Waals surface area contributed by atoms with Crippen molar-refractivity contribution in [2.45, 2.75) is 18.6 Å². The number of ether oxygens (including phenoxy) is 1. The van der Waals surface area contributed by atoms with E-state index in [1.807, 2.05) is 0 Å². The monoisotopic (exact) mass is 253 g/mol. The van der Waals surface area contributed by atoms with E-state index in [2.05, 4.69) is 0 Å². The Morgan fingerprint density at radius 2 is 2.25 bits per heavy atom. The van der Waals surface area contributed by atoms with Crippen LogP contribution in [0.1, 0.15) is 6.42 Å². The lowest BCUT2D eigenvalue weighted by Gasteiger charge is -2.31. The SMILES string of the molecule is O=C(O)N1CCO[C@@H](CC(O)C[SH](=O)=O)C1. The first-order valence-electron chi connectivity index (χ1n) is 4.88. The fraction of sp³-hybridized carbons (Fsp3) is 0.875. The lowest BCUT2D eigenvalue weighted by molar-refractivity contribution is -0.0406. The molecule has 1 fully saturated rings. The summed E-state index contributed by atoms with van der Waals surface area (Å²) in [5.74, 6) is -0.317. The summed E-state index contributed by atoms with van der Waals surface area (Å²) >= 11 is 0. The molecule has 8 heteroatoms. The second-order valence-electron chi connectivity index (χ2n) is 3.63. The van der Waals surface area contributed by atoms with E-state index in [0.717, 1.165) is 0 Å². The van der Waals surface area contributed by atoms with Gasteiger partial charge in [-0.3, -0.25) is 0 Å². The van der Waals surface area contributed by atoms with Crippen molar-refractivity contribution in [2.75, 3.05) is 25.4 Å². The van der Waals surface area contributed by atoms with Crippen molar-refractivity contribution in [3.05, 3.63) is 0 Å². The van der Waals surface area contributed by atoms with Crippen molar-refractivity contribution in [1.29, 1.82) is 0 Å². The average molecular weight is 253 g/mol. The smallest absolute Gasteiger partial charge is 0.407 e. The zero-order valence-electron chi connectivity index (χ0n) is 8.61. The molecule has 7 nitrogen and oxygen atoms in total. The van der Waals surface area contributed by atoms with Crippen LogP contribution >= 0.6 is 0 Å². The number of nitrogens with zero attached hydrogens (tertiary/aromatic N) is 1. The number of hydrogen-bond donors (Lipinski definition) is 3. The van der Waals surface area contributed by atoms with E-state index >= 15 is 0 Å². The summed E-state index contributed by atoms with van der Waals surface area (Å²) in [5, 5.41) is 18.1. The van der Waals surface area contributed by atoms with Crippen molar-refractivity contribution in [1.82, 2.24) is 4.90 Å². The number of rotatable bonds is 4. The summed E-state index contributed by atoms with van der Waals surface area (Å²) < 4.78 is 26.0. The van der Waals surface area contributed by atoms with Crippen LogP contribution in [-0.2, 0) is 15.4 Å². The average Bonchev–Trinajstić information content (AvgIpc) is 2.16. The van der Waals surface area contributed by atoms with E-state index in [4.69, 9.17) is 9.84 Å². The highest BCUT2D eigenvalue weighted by Crippen LogP contribution is 2.11. The van der Waals surface area contributed by atoms with E-state index in [9.17, 15) is 18.3 Å². The van der Waals surface area contributed by atoms with Gasteiger partial charge in [0.2, 0.25) is 0 Å². The molecule has 94 valence electrons. The Hall–Kier alpha value is -0.860. The number of carbonyl (C=O) groups is 1. The molecule has 0 radical (unpaired) electrons. The minimum Gasteiger partial charge on any atom is -0.465 e. The summed E-state index contributed by atoms with van der Waals surface area (Å²) in [7, 11) is -2.63. The van der Waals surface area contributed by atoms with Gasteiger partial charge in [-0.05, 0) is 0 Å². The maximum Gasteiger partial charge on any atom is 0.407 e. The standard InChI is InChI=1S/C8H15NO6S/c10-6(5-16(13)14)3-7-4-9(8(11)12)1-2-15-7/h6-7,10,16H,1-5H2,(H,11,12)/t6?,7-/m0/s1. The molecule has 0 saturated carbocycles. The van der Waals surface area contributed by atoms with Crippen LogP contribution < -0.4 is 0 Å². The van der Waals surface area contributed by atoms with Crippen LogP contribution in [-0.4, -0.2) is 67.3 Å². The van der Waals surface area contributed by atoms with Crippen LogP contribution in [0.15, 0.2) is 0 Å². The van der Waals surface area contributed by atoms with Gasteiger partial charge in [-0.1, -0.05) is 0 Å². The van der Waals surface area contributed by atoms with Crippen LogP contribution in [0.5, 0.6) is 0 Å². The number of aliphatic hydroxyl groups is 1. The molecule has 1 rings (SSSR count). The van der Waals surface area contributed by atoms with Crippen molar-refractivity contribution in [3.63, 3.8) is 0 Å². The van der Waals surface area contributed by atoms with Gasteiger partial charge < -0.3 is 19.8 Å². The lowest BCUT2D eigenvalue weighted by atomic mass is 10.1. The molecule has 0 aromatic carbocycles. The third-order valence-corrected chi connectivity index (χ3v) is 3.02. The Morgan fingerprint density at radius 3 is 2.81 bits per heavy atom. The summed E-state index contributed by atoms with van der Waals surface area (Å²) in [6.07, 6.45) is -2.33. The van der Waals surface area contributed by atoms with Gasteiger partial charge in [-0.2, -0.15) is 0 Å². The first kappa shape index (κ1) is 13.2. The molecule has 2 N–H and O–H groups in total. The van der Waals surface area contributed by atoms with Crippen LogP contribution in [0.4, 0.5) is 4.79 Å². The number of morpholine rings is 1. The Kier molecular flexibility index (Phi) is 4.97. The molecule has 1 aliphatic rings. The van der Waals surface area contributed by atoms with E-state index in [0.29, 0.717) is 6.54 Å². The Balaban J connectivity index is 2.39. The molecular weight excluding hydrogens is 238 g/mol. The topological polar surface area (TPSA) is 104 Å². The van der Waals surface area contributed by atoms with Crippen LogP contribution in [0, 0.1) is 0 Å². The minimum absolute atomic E-state index is 0.132. The highest BCUT2D eigenvalue weighted by Gasteiger charge is 2.25. The molecule has 1 heterocycles. The Morgan fingerprint density at radius 1 is 1.56 bits per heavy atom. The minimum atomic E-state index is -2.63. The zero-order valence-corrected chi connectivity index (χ0v) is 9.51. The fourth-order valence-electron chi connectivity index (χ4n) is 1.59. The third kappa shape index (κ3) is 4.33. The maximum atomic E-state index is 10.7. The van der Waals surface area contributed by atoms with E-state index < -0.39 is 29.0 Å². The normalized spacial score (nSPS) is 23.4. The van der Waals surface area contributed by atoms with Crippen LogP contribution in [0.25, 0.3) is 0 Å². The lowest BCUT2D eigenvalue weighted by Crippen LogP contribution is -2.46. The summed E-state index contributed by atoms with van der Waals surface area (Å²) in [6.45, 7) is 0.743. The number of carboxylic acid groups (broad SMARTS) is 1. The zero-order chi connectivity index (χ0) is 12.1. The van der Waals surface area contributed by atoms with Gasteiger partial charge in [0.25, 0.3) is 0 Å². The summed E-state index contributed by atoms with van der Waals surface area (Å²) in [4.78, 5) is 11.9. The first-order valence-corrected chi connectivity index (χ1v) is 6.24. The van der Waals surface area contributed by atoms with Gasteiger partial charge >= 0.3 is 6.09 Å². The molecule has 0 bridgehead atoms. The van der Waals surface area contributed by atoms with Crippen LogP contribution in [0.3, 0.4) is 0 Å². The molecule has 16 heavy (non-hydrogen) atoms. The molecule has 0 aromatic rings. The van der Waals surface area contributed by atoms with Gasteiger partial charge in [0.05, 0.1) is 31.1 Å². The van der Waals surface area contributed by atoms with Crippen molar-refractivity contribution in [3.8, 4) is 0 Å². The molecule has 0 aromatic heterocycles. The highest BCUT2D eigenvalue weighted by atomic mass is 32.2. The largest absolute Gasteiger partial charge is 0.465 e. The Labute approximate surface area is 94.6 Å². The number of aliphatic hydroxyl groups excluding tert-OH is 1. The molecule has 1 saturated heterocycles. The maximum absolute atomic E-state index is 10.7. The molecule has 0 aliphatic carbocycles. The molecule has 2 atom stereocenters. The molecule has 1 aliphatic heterocycles. The molecular formula is C8H15NO6S. The number of thiol groups is 1. The third-order valence-electron chi connectivity index (χ3n) is 2.30. The van der Waals surface area contributed by atoms with Gasteiger partial charge in [-0.25, -0.2) is 13.2 Å². The molecule has 1 unspecified atom stereocenters. The second kappa shape index (κ2) is 6.02. The van der Waals surface area contributed by atoms with Crippen molar-refractivity contribution < 1.29 is 28.2 Å². The highest BCUT2D eigenvalue weighted by molar-refractivity contribution is 7.72. The van der Waals surface area contributed by atoms with E-state index in [1.54, 1.807) is 0 Å².